The molecular weight excluding hydrogens is 532 g/mol. The number of aldehydes is 1. The summed E-state index contributed by atoms with van der Waals surface area (Å²) in [7, 11) is 0. The van der Waals surface area contributed by atoms with Gasteiger partial charge in [-0.25, -0.2) is 4.79 Å². The van der Waals surface area contributed by atoms with Crippen LogP contribution >= 0.6 is 11.8 Å². The minimum atomic E-state index is -1.17. The van der Waals surface area contributed by atoms with Gasteiger partial charge in [0.1, 0.15) is 12.0 Å². The SMILES string of the molecule is C[C@@H](O)[C@H]1C(=O)N2C(C(=O)O)=C(S[C@H]3C[C@@H](C(=O)Nc4cccc(C=O)c4)N(Cc4cccc(N)c4)C3)[C@H](C)[C@H]12. The number of aliphatic hydroxyl groups excluding tert-OH is 1. The van der Waals surface area contributed by atoms with Crippen LogP contribution in [-0.2, 0) is 20.9 Å². The van der Waals surface area contributed by atoms with Crippen molar-refractivity contribution in [2.24, 2.45) is 11.8 Å². The highest BCUT2D eigenvalue weighted by Crippen LogP contribution is 2.52. The predicted octanol–water partition coefficient (Wildman–Crippen LogP) is 2.55. The van der Waals surface area contributed by atoms with Crippen molar-refractivity contribution in [3.8, 4) is 0 Å². The van der Waals surface area contributed by atoms with E-state index in [0.717, 1.165) is 11.8 Å². The van der Waals surface area contributed by atoms with Crippen molar-refractivity contribution in [1.82, 2.24) is 9.80 Å². The van der Waals surface area contributed by atoms with Crippen molar-refractivity contribution in [3.63, 3.8) is 0 Å². The molecule has 2 aromatic rings. The summed E-state index contributed by atoms with van der Waals surface area (Å²) in [5.41, 5.74) is 8.49. The molecule has 40 heavy (non-hydrogen) atoms. The molecule has 2 amide bonds. The number of anilines is 2. The molecule has 11 heteroatoms. The average Bonchev–Trinajstić information content (AvgIpc) is 3.40. The predicted molar refractivity (Wildman–Crippen MR) is 151 cm³/mol. The molecule has 6 atom stereocenters. The number of hydrogen-bond acceptors (Lipinski definition) is 8. The van der Waals surface area contributed by atoms with Crippen molar-refractivity contribution in [2.45, 2.75) is 50.3 Å². The number of carbonyl (C=O) groups is 4. The molecule has 5 rings (SSSR count). The number of β-lactam (4-membered cyclic amide) rings is 1. The van der Waals surface area contributed by atoms with Crippen LogP contribution < -0.4 is 11.1 Å². The number of nitrogens with two attached hydrogens (primary N) is 1. The van der Waals surface area contributed by atoms with Crippen LogP contribution in [-0.4, -0.2) is 74.1 Å². The smallest absolute Gasteiger partial charge is 0.353 e. The number of nitrogens with zero attached hydrogens (tertiary/aromatic N) is 2. The number of nitrogen functional groups attached to an aromatic ring is 1. The molecule has 5 N–H and O–H groups in total. The number of nitrogens with one attached hydrogen (secondary N) is 1. The molecule has 2 aromatic carbocycles. The van der Waals surface area contributed by atoms with E-state index in [1.807, 2.05) is 30.0 Å². The number of fused-ring (bicyclic) bond motifs is 1. The van der Waals surface area contributed by atoms with E-state index in [2.05, 4.69) is 5.32 Å². The highest BCUT2D eigenvalue weighted by atomic mass is 32.2. The summed E-state index contributed by atoms with van der Waals surface area (Å²) >= 11 is 1.40. The van der Waals surface area contributed by atoms with Crippen LogP contribution in [0.5, 0.6) is 0 Å². The molecule has 0 radical (unpaired) electrons. The van der Waals surface area contributed by atoms with Gasteiger partial charge in [-0.2, -0.15) is 0 Å². The Morgan fingerprint density at radius 2 is 1.98 bits per heavy atom. The number of carbonyl (C=O) groups excluding carboxylic acids is 3. The molecule has 2 saturated heterocycles. The summed E-state index contributed by atoms with van der Waals surface area (Å²) in [5, 5.41) is 23.0. The number of aliphatic hydroxyl groups is 1. The van der Waals surface area contributed by atoms with Crippen LogP contribution in [0, 0.1) is 11.8 Å². The van der Waals surface area contributed by atoms with E-state index >= 15 is 0 Å². The maximum atomic E-state index is 13.5. The van der Waals surface area contributed by atoms with Gasteiger partial charge < -0.3 is 26.2 Å². The number of carboxylic acid groups (broad SMARTS) is 1. The fourth-order valence-electron chi connectivity index (χ4n) is 6.09. The Morgan fingerprint density at radius 1 is 1.23 bits per heavy atom. The second kappa shape index (κ2) is 11.1. The van der Waals surface area contributed by atoms with Crippen LogP contribution in [0.25, 0.3) is 0 Å². The third-order valence-corrected chi connectivity index (χ3v) is 9.39. The maximum Gasteiger partial charge on any atom is 0.353 e. The van der Waals surface area contributed by atoms with Crippen LogP contribution in [0.4, 0.5) is 11.4 Å². The molecule has 0 spiro atoms. The number of hydrogen-bond donors (Lipinski definition) is 4. The fraction of sp³-hybridized carbons (Fsp3) is 0.379. The molecule has 0 aliphatic carbocycles. The maximum absolute atomic E-state index is 13.5. The Bertz CT molecular complexity index is 1390. The van der Waals surface area contributed by atoms with Crippen molar-refractivity contribution in [3.05, 3.63) is 70.3 Å². The zero-order chi connectivity index (χ0) is 28.7. The Kier molecular flexibility index (Phi) is 7.72. The minimum absolute atomic E-state index is 0.0228. The number of benzene rings is 2. The summed E-state index contributed by atoms with van der Waals surface area (Å²) in [6.45, 7) is 4.42. The van der Waals surface area contributed by atoms with E-state index in [4.69, 9.17) is 5.73 Å². The molecular formula is C29H32N4O6S. The van der Waals surface area contributed by atoms with E-state index in [9.17, 15) is 29.4 Å². The van der Waals surface area contributed by atoms with Gasteiger partial charge in [0.15, 0.2) is 0 Å². The first-order valence-electron chi connectivity index (χ1n) is 13.2. The van der Waals surface area contributed by atoms with E-state index in [0.29, 0.717) is 41.4 Å². The molecule has 210 valence electrons. The van der Waals surface area contributed by atoms with Gasteiger partial charge >= 0.3 is 5.97 Å². The number of amides is 2. The summed E-state index contributed by atoms with van der Waals surface area (Å²) in [4.78, 5) is 53.7. The third-order valence-electron chi connectivity index (χ3n) is 7.90. The van der Waals surface area contributed by atoms with Gasteiger partial charge in [0, 0.05) is 46.1 Å². The molecule has 0 aromatic heterocycles. The molecule has 3 aliphatic rings. The monoisotopic (exact) mass is 564 g/mol. The Morgan fingerprint density at radius 3 is 2.65 bits per heavy atom. The van der Waals surface area contributed by atoms with E-state index in [-0.39, 0.29) is 28.7 Å². The van der Waals surface area contributed by atoms with E-state index in [1.165, 1.54) is 16.7 Å². The summed E-state index contributed by atoms with van der Waals surface area (Å²) in [6, 6.07) is 13.2. The fourth-order valence-corrected chi connectivity index (χ4v) is 7.65. The minimum Gasteiger partial charge on any atom is -0.477 e. The number of thioether (sulfide) groups is 1. The number of aliphatic carboxylic acids is 1. The van der Waals surface area contributed by atoms with E-state index in [1.54, 1.807) is 37.3 Å². The zero-order valence-corrected chi connectivity index (χ0v) is 23.0. The normalized spacial score (nSPS) is 26.8. The van der Waals surface area contributed by atoms with E-state index < -0.39 is 30.1 Å². The van der Waals surface area contributed by atoms with Gasteiger partial charge in [-0.3, -0.25) is 19.3 Å². The molecule has 0 bridgehead atoms. The lowest BCUT2D eigenvalue weighted by atomic mass is 9.79. The number of likely N-dealkylation sites (tertiary alicyclic amines) is 1. The quantitative estimate of drug-likeness (QED) is 0.204. The Balaban J connectivity index is 1.39. The van der Waals surface area contributed by atoms with Gasteiger partial charge in [-0.1, -0.05) is 31.2 Å². The summed E-state index contributed by atoms with van der Waals surface area (Å²) < 4.78 is 0. The summed E-state index contributed by atoms with van der Waals surface area (Å²) in [6.07, 6.45) is 0.297. The van der Waals surface area contributed by atoms with Crippen molar-refractivity contribution in [2.75, 3.05) is 17.6 Å². The van der Waals surface area contributed by atoms with Gasteiger partial charge in [0.05, 0.1) is 24.1 Å². The Labute approximate surface area is 236 Å². The zero-order valence-electron chi connectivity index (χ0n) is 22.2. The molecule has 0 saturated carbocycles. The average molecular weight is 565 g/mol. The van der Waals surface area contributed by atoms with Gasteiger partial charge in [-0.05, 0) is 43.2 Å². The van der Waals surface area contributed by atoms with Gasteiger partial charge in [0.25, 0.3) is 0 Å². The lowest BCUT2D eigenvalue weighted by Crippen LogP contribution is -2.63. The largest absolute Gasteiger partial charge is 0.477 e. The molecule has 2 fully saturated rings. The van der Waals surface area contributed by atoms with Crippen LogP contribution in [0.1, 0.15) is 36.2 Å². The summed E-state index contributed by atoms with van der Waals surface area (Å²) in [5.74, 6) is -2.66. The van der Waals surface area contributed by atoms with Gasteiger partial charge in [-0.15, -0.1) is 11.8 Å². The Hall–Kier alpha value is -3.67. The van der Waals surface area contributed by atoms with Crippen molar-refractivity contribution in [1.29, 1.82) is 0 Å². The second-order valence-corrected chi connectivity index (χ2v) is 12.0. The third kappa shape index (κ3) is 5.12. The first kappa shape index (κ1) is 27.9. The first-order chi connectivity index (χ1) is 19.1. The highest BCUT2D eigenvalue weighted by Gasteiger charge is 2.60. The van der Waals surface area contributed by atoms with Crippen LogP contribution in [0.2, 0.25) is 0 Å². The lowest BCUT2D eigenvalue weighted by Gasteiger charge is -2.46. The molecule has 3 heterocycles. The highest BCUT2D eigenvalue weighted by molar-refractivity contribution is 8.03. The second-order valence-electron chi connectivity index (χ2n) is 10.7. The van der Waals surface area contributed by atoms with Crippen molar-refractivity contribution >= 4 is 47.2 Å². The van der Waals surface area contributed by atoms with Gasteiger partial charge in [0.2, 0.25) is 11.8 Å². The topological polar surface area (TPSA) is 153 Å². The molecule has 0 unspecified atom stereocenters. The standard InChI is InChI=1S/C29H32N4O6S/c1-15-24-23(16(2)35)28(37)33(24)25(29(38)39)26(15)40-21-11-22(27(36)31-20-8-4-6-18(10-20)14-34)32(13-21)12-17-5-3-7-19(30)9-17/h3-10,14-16,21-24,35H,11-13,30H2,1-2H3,(H,31,36)(H,38,39)/t15-,16-,21+,22+,23-,24-/m1/s1. The first-order valence-corrected chi connectivity index (χ1v) is 14.1. The molecule has 3 aliphatic heterocycles. The number of rotatable bonds is 9. The molecule has 10 nitrogen and oxygen atoms in total. The lowest BCUT2D eigenvalue weighted by molar-refractivity contribution is -0.163. The van der Waals surface area contributed by atoms with Crippen molar-refractivity contribution < 1.29 is 29.4 Å². The van der Waals surface area contributed by atoms with Crippen LogP contribution in [0.3, 0.4) is 0 Å². The number of carboxylic acids is 1. The van der Waals surface area contributed by atoms with Crippen LogP contribution in [0.15, 0.2) is 59.1 Å².